The van der Waals surface area contributed by atoms with E-state index in [2.05, 4.69) is 10.5 Å². The normalized spacial score (nSPS) is 10.8. The number of nitrogens with zero attached hydrogens (tertiary/aromatic N) is 2. The summed E-state index contributed by atoms with van der Waals surface area (Å²) in [6.45, 7) is 0.140. The van der Waals surface area contributed by atoms with E-state index in [1.165, 1.54) is 31.5 Å². The van der Waals surface area contributed by atoms with Gasteiger partial charge in [0.05, 0.1) is 29.7 Å². The zero-order chi connectivity index (χ0) is 24.7. The molecule has 0 bridgehead atoms. The number of amides is 1. The monoisotopic (exact) mass is 521 g/mol. The van der Waals surface area contributed by atoms with Gasteiger partial charge in [-0.05, 0) is 29.8 Å². The van der Waals surface area contributed by atoms with E-state index in [4.69, 9.17) is 44.3 Å². The second-order valence-corrected chi connectivity index (χ2v) is 8.17. The molecule has 1 N–H and O–H groups in total. The molecule has 3 rings (SSSR count). The van der Waals surface area contributed by atoms with Gasteiger partial charge in [-0.1, -0.05) is 59.1 Å². The molecule has 0 radical (unpaired) electrons. The average molecular weight is 523 g/mol. The van der Waals surface area contributed by atoms with Crippen molar-refractivity contribution in [3.8, 4) is 11.5 Å². The van der Waals surface area contributed by atoms with Crippen LogP contribution in [0.15, 0.2) is 59.7 Å². The Labute approximate surface area is 210 Å². The van der Waals surface area contributed by atoms with E-state index in [1.54, 1.807) is 36.4 Å². The second-order valence-electron chi connectivity index (χ2n) is 6.91. The maximum atomic E-state index is 12.2. The number of hydrogen-bond acceptors (Lipinski definition) is 6. The van der Waals surface area contributed by atoms with Gasteiger partial charge in [0.1, 0.15) is 6.61 Å². The van der Waals surface area contributed by atoms with Crippen LogP contribution in [0.25, 0.3) is 0 Å². The smallest absolute Gasteiger partial charge is 0.273 e. The van der Waals surface area contributed by atoms with E-state index in [0.29, 0.717) is 27.1 Å². The first-order chi connectivity index (χ1) is 16.3. The van der Waals surface area contributed by atoms with E-state index in [0.717, 1.165) is 5.56 Å². The lowest BCUT2D eigenvalue weighted by molar-refractivity contribution is -0.385. The topological polar surface area (TPSA) is 103 Å². The molecule has 0 aliphatic heterocycles. The van der Waals surface area contributed by atoms with E-state index in [1.807, 2.05) is 0 Å². The van der Waals surface area contributed by atoms with E-state index < -0.39 is 10.8 Å². The number of hydrazone groups is 1. The van der Waals surface area contributed by atoms with Crippen molar-refractivity contribution in [2.75, 3.05) is 7.11 Å². The molecule has 1 amide bonds. The van der Waals surface area contributed by atoms with Gasteiger partial charge >= 0.3 is 0 Å². The van der Waals surface area contributed by atoms with Crippen LogP contribution in [0, 0.1) is 10.1 Å². The molecule has 0 atom stereocenters. The number of benzene rings is 3. The highest BCUT2D eigenvalue weighted by Crippen LogP contribution is 2.37. The Hall–Kier alpha value is -3.33. The first kappa shape index (κ1) is 25.3. The Morgan fingerprint density at radius 2 is 1.85 bits per heavy atom. The number of ether oxygens (including phenoxy) is 2. The summed E-state index contributed by atoms with van der Waals surface area (Å²) < 4.78 is 11.2. The van der Waals surface area contributed by atoms with E-state index in [-0.39, 0.29) is 29.3 Å². The fourth-order valence-electron chi connectivity index (χ4n) is 2.97. The summed E-state index contributed by atoms with van der Waals surface area (Å²) in [5.41, 5.74) is 3.75. The molecule has 34 heavy (non-hydrogen) atoms. The first-order valence-electron chi connectivity index (χ1n) is 9.77. The lowest BCUT2D eigenvalue weighted by atomic mass is 10.1. The number of para-hydroxylation sites is 1. The Bertz CT molecular complexity index is 1250. The third kappa shape index (κ3) is 6.60. The van der Waals surface area contributed by atoms with Crippen molar-refractivity contribution in [2.45, 2.75) is 13.0 Å². The lowest BCUT2D eigenvalue weighted by Gasteiger charge is -2.14. The van der Waals surface area contributed by atoms with Crippen LogP contribution in [0.2, 0.25) is 15.1 Å². The summed E-state index contributed by atoms with van der Waals surface area (Å²) in [7, 11) is 1.46. The lowest BCUT2D eigenvalue weighted by Crippen LogP contribution is -2.20. The predicted octanol–water partition coefficient (Wildman–Crippen LogP) is 5.84. The number of nitrogens with one attached hydrogen (secondary N) is 1. The molecular formula is C23H18Cl3N3O5. The molecule has 3 aromatic carbocycles. The fourth-order valence-corrected chi connectivity index (χ4v) is 3.71. The van der Waals surface area contributed by atoms with Crippen LogP contribution in [0.3, 0.4) is 0 Å². The van der Waals surface area contributed by atoms with Gasteiger partial charge < -0.3 is 9.47 Å². The van der Waals surface area contributed by atoms with E-state index in [9.17, 15) is 14.9 Å². The summed E-state index contributed by atoms with van der Waals surface area (Å²) >= 11 is 18.5. The Kier molecular flexibility index (Phi) is 8.70. The summed E-state index contributed by atoms with van der Waals surface area (Å²) in [5.74, 6) is 0.154. The molecule has 0 unspecified atom stereocenters. The maximum absolute atomic E-state index is 12.2. The predicted molar refractivity (Wildman–Crippen MR) is 131 cm³/mol. The van der Waals surface area contributed by atoms with Crippen molar-refractivity contribution in [1.29, 1.82) is 0 Å². The van der Waals surface area contributed by atoms with Gasteiger partial charge in [-0.2, -0.15) is 5.10 Å². The SMILES string of the molecule is COc1cc(/C=N/NC(=O)Cc2ccccc2[N+](=O)[O-])cc(Cl)c1OCc1ccc(Cl)cc1Cl. The van der Waals surface area contributed by atoms with Crippen molar-refractivity contribution < 1.29 is 19.2 Å². The van der Waals surface area contributed by atoms with E-state index >= 15 is 0 Å². The molecule has 0 spiro atoms. The van der Waals surface area contributed by atoms with Crippen LogP contribution in [0.4, 0.5) is 5.69 Å². The minimum Gasteiger partial charge on any atom is -0.493 e. The zero-order valence-corrected chi connectivity index (χ0v) is 20.0. The first-order valence-corrected chi connectivity index (χ1v) is 10.9. The highest BCUT2D eigenvalue weighted by Gasteiger charge is 2.16. The quantitative estimate of drug-likeness (QED) is 0.216. The van der Waals surface area contributed by atoms with Crippen molar-refractivity contribution in [3.63, 3.8) is 0 Å². The minimum atomic E-state index is -0.537. The van der Waals surface area contributed by atoms with Crippen molar-refractivity contribution in [3.05, 3.63) is 96.5 Å². The van der Waals surface area contributed by atoms with Gasteiger partial charge in [0.25, 0.3) is 5.69 Å². The largest absolute Gasteiger partial charge is 0.493 e. The Morgan fingerprint density at radius 1 is 1.09 bits per heavy atom. The van der Waals surface area contributed by atoms with Crippen LogP contribution in [-0.2, 0) is 17.8 Å². The van der Waals surface area contributed by atoms with Crippen LogP contribution in [0.5, 0.6) is 11.5 Å². The van der Waals surface area contributed by atoms with Gasteiger partial charge in [-0.3, -0.25) is 14.9 Å². The molecule has 0 fully saturated rings. The van der Waals surface area contributed by atoms with Crippen molar-refractivity contribution in [2.24, 2.45) is 5.10 Å². The molecule has 0 aromatic heterocycles. The summed E-state index contributed by atoms with van der Waals surface area (Å²) in [5, 5.41) is 16.2. The highest BCUT2D eigenvalue weighted by molar-refractivity contribution is 6.35. The third-order valence-electron chi connectivity index (χ3n) is 4.58. The van der Waals surface area contributed by atoms with Gasteiger partial charge in [-0.15, -0.1) is 0 Å². The standard InChI is InChI=1S/C23H18Cl3N3O5/c1-33-21-9-14(8-19(26)23(21)34-13-16-6-7-17(24)11-18(16)25)12-27-28-22(30)10-15-4-2-3-5-20(15)29(31)32/h2-9,11-12H,10,13H2,1H3,(H,28,30)/b27-12+. The van der Waals surface area contributed by atoms with Crippen molar-refractivity contribution >= 4 is 52.6 Å². The number of nitro benzene ring substituents is 1. The molecule has 0 heterocycles. The minimum absolute atomic E-state index is 0.131. The van der Waals surface area contributed by atoms with Gasteiger partial charge in [0, 0.05) is 27.2 Å². The number of nitro groups is 1. The van der Waals surface area contributed by atoms with Crippen LogP contribution < -0.4 is 14.9 Å². The summed E-state index contributed by atoms with van der Waals surface area (Å²) in [4.78, 5) is 22.7. The number of carbonyl (C=O) groups is 1. The molecule has 11 heteroatoms. The highest BCUT2D eigenvalue weighted by atomic mass is 35.5. The van der Waals surface area contributed by atoms with Crippen molar-refractivity contribution in [1.82, 2.24) is 5.43 Å². The molecule has 3 aromatic rings. The second kappa shape index (κ2) is 11.7. The average Bonchev–Trinajstić information content (AvgIpc) is 2.79. The van der Waals surface area contributed by atoms with Gasteiger partial charge in [-0.25, -0.2) is 5.43 Å². The molecule has 176 valence electrons. The number of hydrogen-bond donors (Lipinski definition) is 1. The molecule has 0 aliphatic carbocycles. The van der Waals surface area contributed by atoms with Crippen LogP contribution in [0.1, 0.15) is 16.7 Å². The molecule has 8 nitrogen and oxygen atoms in total. The fraction of sp³-hybridized carbons (Fsp3) is 0.130. The molecular weight excluding hydrogens is 505 g/mol. The summed E-state index contributed by atoms with van der Waals surface area (Å²) in [6, 6.07) is 14.3. The number of rotatable bonds is 9. The molecule has 0 saturated carbocycles. The molecule has 0 saturated heterocycles. The van der Waals surface area contributed by atoms with Gasteiger partial charge in [0.2, 0.25) is 5.91 Å². The van der Waals surface area contributed by atoms with Gasteiger partial charge in [0.15, 0.2) is 11.5 Å². The number of halogens is 3. The Morgan fingerprint density at radius 3 is 2.56 bits per heavy atom. The Balaban J connectivity index is 1.67. The number of methoxy groups -OCH3 is 1. The molecule has 0 aliphatic rings. The third-order valence-corrected chi connectivity index (χ3v) is 5.45. The van der Waals surface area contributed by atoms with Crippen LogP contribution >= 0.6 is 34.8 Å². The summed E-state index contributed by atoms with van der Waals surface area (Å²) in [6.07, 6.45) is 1.17. The number of carbonyl (C=O) groups excluding carboxylic acids is 1. The van der Waals surface area contributed by atoms with Crippen LogP contribution in [-0.4, -0.2) is 24.2 Å². The zero-order valence-electron chi connectivity index (χ0n) is 17.8. The maximum Gasteiger partial charge on any atom is 0.273 e.